The molecular weight excluding hydrogens is 328 g/mol. The Morgan fingerprint density at radius 2 is 1.50 bits per heavy atom. The Bertz CT molecular complexity index is 745. The van der Waals surface area contributed by atoms with E-state index in [1.165, 1.54) is 33.5 Å². The fourth-order valence-corrected chi connectivity index (χ4v) is 2.58. The van der Waals surface area contributed by atoms with Crippen molar-refractivity contribution in [2.24, 2.45) is 0 Å². The average molecular weight is 346 g/mol. The van der Waals surface area contributed by atoms with Gasteiger partial charge in [0.05, 0.1) is 27.8 Å². The first kappa shape index (κ1) is 17.9. The zero-order valence-electron chi connectivity index (χ0n) is 13.7. The molecule has 2 aromatic carbocycles. The Kier molecular flexibility index (Phi) is 5.87. The van der Waals surface area contributed by atoms with E-state index in [1.54, 1.807) is 24.3 Å². The highest BCUT2D eigenvalue weighted by Gasteiger charge is 2.20. The molecule has 0 aliphatic carbocycles. The Hall–Kier alpha value is -2.47. The number of Topliss-reactive ketones (excluding diaryl/α,β-unsaturated/α-hetero) is 2. The number of carbonyl (C=O) groups is 2. The summed E-state index contributed by atoms with van der Waals surface area (Å²) in [7, 11) is 4.41. The van der Waals surface area contributed by atoms with Gasteiger partial charge in [-0.2, -0.15) is 0 Å². The lowest BCUT2D eigenvalue weighted by Gasteiger charge is -2.13. The standard InChI is InChI=1S/C18H18O5S/c1-21-15-8-11(9-16(22-2)18(15)23-3)13(19)10-14(20)12-6-4-5-7-17(12)24/h4-9,24H,10H2,1-3H3. The summed E-state index contributed by atoms with van der Waals surface area (Å²) in [4.78, 5) is 25.3. The number of ketones is 2. The van der Waals surface area contributed by atoms with Crippen molar-refractivity contribution in [3.05, 3.63) is 47.5 Å². The van der Waals surface area contributed by atoms with Gasteiger partial charge in [0.25, 0.3) is 0 Å². The molecule has 2 rings (SSSR count). The van der Waals surface area contributed by atoms with Gasteiger partial charge in [-0.1, -0.05) is 18.2 Å². The van der Waals surface area contributed by atoms with Gasteiger partial charge < -0.3 is 14.2 Å². The monoisotopic (exact) mass is 346 g/mol. The molecule has 5 nitrogen and oxygen atoms in total. The van der Waals surface area contributed by atoms with Crippen LogP contribution in [0.15, 0.2) is 41.3 Å². The molecule has 0 aliphatic rings. The molecule has 24 heavy (non-hydrogen) atoms. The zero-order chi connectivity index (χ0) is 17.7. The largest absolute Gasteiger partial charge is 0.493 e. The molecule has 0 amide bonds. The summed E-state index contributed by atoms with van der Waals surface area (Å²) in [6.45, 7) is 0. The van der Waals surface area contributed by atoms with Crippen LogP contribution in [0.25, 0.3) is 0 Å². The Labute approximate surface area is 145 Å². The third-order valence-corrected chi connectivity index (χ3v) is 3.90. The predicted octanol–water partition coefficient (Wildman–Crippen LogP) is 3.46. The van der Waals surface area contributed by atoms with Crippen molar-refractivity contribution in [3.63, 3.8) is 0 Å². The van der Waals surface area contributed by atoms with Gasteiger partial charge in [0.1, 0.15) is 0 Å². The second-order valence-electron chi connectivity index (χ2n) is 4.95. The number of hydrogen-bond acceptors (Lipinski definition) is 6. The molecule has 2 aromatic rings. The van der Waals surface area contributed by atoms with E-state index in [0.717, 1.165) is 0 Å². The summed E-state index contributed by atoms with van der Waals surface area (Å²) in [6, 6.07) is 9.93. The number of thiol groups is 1. The summed E-state index contributed by atoms with van der Waals surface area (Å²) < 4.78 is 15.7. The van der Waals surface area contributed by atoms with Crippen LogP contribution in [0.5, 0.6) is 17.2 Å². The maximum absolute atomic E-state index is 12.5. The molecule has 0 aliphatic heterocycles. The van der Waals surface area contributed by atoms with Gasteiger partial charge in [-0.15, -0.1) is 12.6 Å². The molecule has 0 heterocycles. The van der Waals surface area contributed by atoms with Crippen LogP contribution in [0.4, 0.5) is 0 Å². The van der Waals surface area contributed by atoms with E-state index in [0.29, 0.717) is 33.3 Å². The van der Waals surface area contributed by atoms with E-state index in [1.807, 2.05) is 0 Å². The number of hydrogen-bond donors (Lipinski definition) is 1. The van der Waals surface area contributed by atoms with E-state index in [9.17, 15) is 9.59 Å². The number of ether oxygens (including phenoxy) is 3. The smallest absolute Gasteiger partial charge is 0.203 e. The number of carbonyl (C=O) groups excluding carboxylic acids is 2. The van der Waals surface area contributed by atoms with Crippen molar-refractivity contribution in [1.82, 2.24) is 0 Å². The molecule has 0 radical (unpaired) electrons. The van der Waals surface area contributed by atoms with Gasteiger partial charge in [-0.25, -0.2) is 0 Å². The van der Waals surface area contributed by atoms with E-state index < -0.39 is 0 Å². The van der Waals surface area contributed by atoms with Crippen molar-refractivity contribution in [3.8, 4) is 17.2 Å². The van der Waals surface area contributed by atoms with Crippen LogP contribution < -0.4 is 14.2 Å². The highest BCUT2D eigenvalue weighted by Crippen LogP contribution is 2.38. The molecule has 6 heteroatoms. The van der Waals surface area contributed by atoms with Crippen molar-refractivity contribution in [2.75, 3.05) is 21.3 Å². The van der Waals surface area contributed by atoms with Crippen molar-refractivity contribution in [2.45, 2.75) is 11.3 Å². The fourth-order valence-electron chi connectivity index (χ4n) is 2.29. The second kappa shape index (κ2) is 7.88. The molecule has 0 fully saturated rings. The van der Waals surface area contributed by atoms with Crippen LogP contribution in [0.1, 0.15) is 27.1 Å². The minimum Gasteiger partial charge on any atom is -0.493 e. The van der Waals surface area contributed by atoms with Gasteiger partial charge >= 0.3 is 0 Å². The zero-order valence-corrected chi connectivity index (χ0v) is 14.6. The third kappa shape index (κ3) is 3.71. The first-order valence-corrected chi connectivity index (χ1v) is 7.61. The number of methoxy groups -OCH3 is 3. The lowest BCUT2D eigenvalue weighted by Crippen LogP contribution is -2.10. The van der Waals surface area contributed by atoms with Gasteiger partial charge in [0, 0.05) is 16.0 Å². The quantitative estimate of drug-likeness (QED) is 0.473. The molecule has 0 saturated heterocycles. The van der Waals surface area contributed by atoms with E-state index in [-0.39, 0.29) is 18.0 Å². The molecule has 0 aromatic heterocycles. The first-order valence-electron chi connectivity index (χ1n) is 7.16. The SMILES string of the molecule is COc1cc(C(=O)CC(=O)c2ccccc2S)cc(OC)c1OC. The van der Waals surface area contributed by atoms with Crippen LogP contribution in [-0.2, 0) is 0 Å². The molecule has 0 atom stereocenters. The maximum atomic E-state index is 12.5. The highest BCUT2D eigenvalue weighted by atomic mass is 32.1. The van der Waals surface area contributed by atoms with E-state index in [4.69, 9.17) is 14.2 Å². The molecule has 0 bridgehead atoms. The Morgan fingerprint density at radius 1 is 0.917 bits per heavy atom. The molecule has 0 spiro atoms. The van der Waals surface area contributed by atoms with Gasteiger partial charge in [-0.05, 0) is 18.2 Å². The summed E-state index contributed by atoms with van der Waals surface area (Å²) in [5.74, 6) is 0.489. The topological polar surface area (TPSA) is 61.8 Å². The second-order valence-corrected chi connectivity index (χ2v) is 5.44. The van der Waals surface area contributed by atoms with Crippen molar-refractivity contribution < 1.29 is 23.8 Å². The molecule has 0 N–H and O–H groups in total. The molecule has 0 unspecified atom stereocenters. The number of benzene rings is 2. The Balaban J connectivity index is 2.30. The third-order valence-electron chi connectivity index (χ3n) is 3.51. The summed E-state index contributed by atoms with van der Waals surface area (Å²) in [5, 5.41) is 0. The van der Waals surface area contributed by atoms with Crippen molar-refractivity contribution >= 4 is 24.2 Å². The van der Waals surface area contributed by atoms with Crippen LogP contribution in [-0.4, -0.2) is 32.9 Å². The van der Waals surface area contributed by atoms with Crippen LogP contribution in [0.3, 0.4) is 0 Å². The van der Waals surface area contributed by atoms with Crippen LogP contribution in [0, 0.1) is 0 Å². The summed E-state index contributed by atoms with van der Waals surface area (Å²) in [5.41, 5.74) is 0.733. The predicted molar refractivity (Wildman–Crippen MR) is 93.1 cm³/mol. The summed E-state index contributed by atoms with van der Waals surface area (Å²) >= 11 is 4.25. The molecule has 126 valence electrons. The van der Waals surface area contributed by atoms with Gasteiger partial charge in [-0.3, -0.25) is 9.59 Å². The summed E-state index contributed by atoms with van der Waals surface area (Å²) in [6.07, 6.45) is -0.268. The maximum Gasteiger partial charge on any atom is 0.203 e. The van der Waals surface area contributed by atoms with Crippen LogP contribution in [0.2, 0.25) is 0 Å². The van der Waals surface area contributed by atoms with Crippen molar-refractivity contribution in [1.29, 1.82) is 0 Å². The van der Waals surface area contributed by atoms with Gasteiger partial charge in [0.2, 0.25) is 5.75 Å². The fraction of sp³-hybridized carbons (Fsp3) is 0.222. The number of rotatable bonds is 7. The lowest BCUT2D eigenvalue weighted by atomic mass is 10.0. The first-order chi connectivity index (χ1) is 11.5. The van der Waals surface area contributed by atoms with Gasteiger partial charge in [0.15, 0.2) is 23.1 Å². The highest BCUT2D eigenvalue weighted by molar-refractivity contribution is 7.80. The van der Waals surface area contributed by atoms with E-state index >= 15 is 0 Å². The van der Waals surface area contributed by atoms with E-state index in [2.05, 4.69) is 12.6 Å². The van der Waals surface area contributed by atoms with Crippen LogP contribution >= 0.6 is 12.6 Å². The molecular formula is C18H18O5S. The minimum absolute atomic E-state index is 0.268. The normalized spacial score (nSPS) is 10.2. The lowest BCUT2D eigenvalue weighted by molar-refractivity contribution is 0.0892. The minimum atomic E-state index is -0.337. The molecule has 0 saturated carbocycles. The average Bonchev–Trinajstić information content (AvgIpc) is 2.60. The Morgan fingerprint density at radius 3 is 2.00 bits per heavy atom.